The van der Waals surface area contributed by atoms with Crippen molar-refractivity contribution in [1.82, 2.24) is 19.9 Å². The molecule has 7 heteroatoms. The average molecular weight is 351 g/mol. The van der Waals surface area contributed by atoms with Crippen molar-refractivity contribution < 1.29 is 9.21 Å². The van der Waals surface area contributed by atoms with Gasteiger partial charge < -0.3 is 4.42 Å². The lowest BCUT2D eigenvalue weighted by Gasteiger charge is -2.25. The summed E-state index contributed by atoms with van der Waals surface area (Å²) in [5, 5.41) is 3.71. The Labute approximate surface area is 151 Å². The fourth-order valence-corrected chi connectivity index (χ4v) is 3.22. The van der Waals surface area contributed by atoms with Crippen LogP contribution < -0.4 is 5.32 Å². The number of hydrogen-bond acceptors (Lipinski definition) is 6. The molecule has 3 heterocycles. The minimum Gasteiger partial charge on any atom is -0.441 e. The van der Waals surface area contributed by atoms with Gasteiger partial charge in [0.1, 0.15) is 0 Å². The van der Waals surface area contributed by atoms with Gasteiger partial charge in [-0.05, 0) is 32.0 Å². The summed E-state index contributed by atoms with van der Waals surface area (Å²) in [5.41, 5.74) is 1.64. The lowest BCUT2D eigenvalue weighted by molar-refractivity contribution is -0.117. The molecule has 2 aromatic heterocycles. The van der Waals surface area contributed by atoms with E-state index < -0.39 is 0 Å². The normalized spacial score (nSPS) is 15.3. The highest BCUT2D eigenvalue weighted by molar-refractivity contribution is 5.92. The predicted molar refractivity (Wildman–Crippen MR) is 98.7 cm³/mol. The molecule has 26 heavy (non-hydrogen) atoms. The van der Waals surface area contributed by atoms with E-state index in [1.165, 1.54) is 6.42 Å². The van der Waals surface area contributed by atoms with Crippen molar-refractivity contribution >= 4 is 22.8 Å². The molecule has 4 rings (SSSR count). The van der Waals surface area contributed by atoms with Gasteiger partial charge in [0.2, 0.25) is 11.9 Å². The predicted octanol–water partition coefficient (Wildman–Crippen LogP) is 3.02. The first-order valence-electron chi connectivity index (χ1n) is 8.89. The van der Waals surface area contributed by atoms with Crippen molar-refractivity contribution in [3.8, 4) is 11.3 Å². The van der Waals surface area contributed by atoms with Crippen molar-refractivity contribution in [2.45, 2.75) is 26.2 Å². The number of carbonyl (C=O) groups is 1. The van der Waals surface area contributed by atoms with E-state index in [0.29, 0.717) is 24.1 Å². The highest BCUT2D eigenvalue weighted by Gasteiger charge is 2.15. The molecule has 7 nitrogen and oxygen atoms in total. The summed E-state index contributed by atoms with van der Waals surface area (Å²) in [5.74, 6) is 1.56. The van der Waals surface area contributed by atoms with Gasteiger partial charge in [-0.1, -0.05) is 18.6 Å². The fourth-order valence-electron chi connectivity index (χ4n) is 3.22. The third-order valence-corrected chi connectivity index (χ3v) is 4.56. The number of aryl methyl sites for hydroxylation is 1. The number of hydrogen-bond donors (Lipinski definition) is 1. The van der Waals surface area contributed by atoms with Gasteiger partial charge in [0.05, 0.1) is 18.3 Å². The van der Waals surface area contributed by atoms with Crippen LogP contribution in [0.1, 0.15) is 25.2 Å². The molecule has 3 aromatic rings. The Morgan fingerprint density at radius 2 is 2.04 bits per heavy atom. The van der Waals surface area contributed by atoms with Gasteiger partial charge in [-0.2, -0.15) is 0 Å². The smallest absolute Gasteiger partial charge is 0.240 e. The molecule has 0 bridgehead atoms. The second-order valence-electron chi connectivity index (χ2n) is 6.60. The third kappa shape index (κ3) is 3.72. The van der Waals surface area contributed by atoms with Crippen LogP contribution in [0.4, 0.5) is 5.95 Å². The van der Waals surface area contributed by atoms with Crippen LogP contribution in [0.3, 0.4) is 0 Å². The second-order valence-corrected chi connectivity index (χ2v) is 6.60. The Balaban J connectivity index is 1.51. The van der Waals surface area contributed by atoms with E-state index in [-0.39, 0.29) is 5.91 Å². The van der Waals surface area contributed by atoms with Crippen LogP contribution in [0, 0.1) is 6.92 Å². The van der Waals surface area contributed by atoms with Crippen LogP contribution in [-0.4, -0.2) is 45.4 Å². The van der Waals surface area contributed by atoms with Crippen molar-refractivity contribution in [2.24, 2.45) is 0 Å². The number of likely N-dealkylation sites (tertiary alicyclic amines) is 1. The summed E-state index contributed by atoms with van der Waals surface area (Å²) >= 11 is 0. The molecule has 1 amide bonds. The van der Waals surface area contributed by atoms with Gasteiger partial charge in [-0.15, -0.1) is 0 Å². The molecule has 0 spiro atoms. The molecule has 1 aromatic carbocycles. The fraction of sp³-hybridized carbons (Fsp3) is 0.368. The second kappa shape index (κ2) is 7.21. The van der Waals surface area contributed by atoms with Crippen LogP contribution in [0.25, 0.3) is 22.2 Å². The number of anilines is 1. The van der Waals surface area contributed by atoms with Crippen LogP contribution in [0.2, 0.25) is 0 Å². The molecule has 1 aliphatic rings. The van der Waals surface area contributed by atoms with Gasteiger partial charge >= 0.3 is 0 Å². The zero-order valence-corrected chi connectivity index (χ0v) is 14.7. The molecule has 0 radical (unpaired) electrons. The molecule has 0 unspecified atom stereocenters. The quantitative estimate of drug-likeness (QED) is 0.778. The number of rotatable bonds is 4. The van der Waals surface area contributed by atoms with Gasteiger partial charge in [0, 0.05) is 24.1 Å². The van der Waals surface area contributed by atoms with E-state index in [0.717, 1.165) is 42.4 Å². The summed E-state index contributed by atoms with van der Waals surface area (Å²) < 4.78 is 5.57. The molecule has 1 saturated heterocycles. The summed E-state index contributed by atoms with van der Waals surface area (Å²) in [6, 6.07) is 5.79. The SMILES string of the molecule is Cc1ncc(-c2ccc3cnc(NC(=O)CN4CCCCC4)nc3c2)o1. The molecule has 0 atom stereocenters. The molecule has 134 valence electrons. The minimum absolute atomic E-state index is 0.0757. The van der Waals surface area contributed by atoms with E-state index in [1.54, 1.807) is 12.4 Å². The van der Waals surface area contributed by atoms with Gasteiger partial charge in [-0.3, -0.25) is 15.0 Å². The Morgan fingerprint density at radius 1 is 1.19 bits per heavy atom. The standard InChI is InChI=1S/C19H21N5O2/c1-13-20-11-17(26-13)14-5-6-15-10-21-19(22-16(15)9-14)23-18(25)12-24-7-3-2-4-8-24/h5-6,9-11H,2-4,7-8,12H2,1H3,(H,21,22,23,25). The average Bonchev–Trinajstić information content (AvgIpc) is 3.08. The van der Waals surface area contributed by atoms with Crippen molar-refractivity contribution in [2.75, 3.05) is 25.0 Å². The summed E-state index contributed by atoms with van der Waals surface area (Å²) in [4.78, 5) is 27.3. The van der Waals surface area contributed by atoms with Crippen molar-refractivity contribution in [3.63, 3.8) is 0 Å². The van der Waals surface area contributed by atoms with E-state index in [4.69, 9.17) is 4.42 Å². The largest absolute Gasteiger partial charge is 0.441 e. The Hall–Kier alpha value is -2.80. The van der Waals surface area contributed by atoms with Gasteiger partial charge in [0.15, 0.2) is 11.7 Å². The van der Waals surface area contributed by atoms with Crippen LogP contribution in [0.15, 0.2) is 35.0 Å². The van der Waals surface area contributed by atoms with Crippen LogP contribution in [0.5, 0.6) is 0 Å². The first-order chi connectivity index (χ1) is 12.7. The number of carbonyl (C=O) groups excluding carboxylic acids is 1. The monoisotopic (exact) mass is 351 g/mol. The Bertz CT molecular complexity index is 931. The molecule has 1 fully saturated rings. The zero-order valence-electron chi connectivity index (χ0n) is 14.7. The topological polar surface area (TPSA) is 84.2 Å². The maximum absolute atomic E-state index is 12.3. The maximum atomic E-state index is 12.3. The lowest BCUT2D eigenvalue weighted by atomic mass is 10.1. The van der Waals surface area contributed by atoms with Gasteiger partial charge in [-0.25, -0.2) is 15.0 Å². The first kappa shape index (κ1) is 16.7. The first-order valence-corrected chi connectivity index (χ1v) is 8.89. The maximum Gasteiger partial charge on any atom is 0.240 e. The summed E-state index contributed by atoms with van der Waals surface area (Å²) in [6.07, 6.45) is 6.97. The Morgan fingerprint density at radius 3 is 2.81 bits per heavy atom. The molecule has 0 aliphatic carbocycles. The highest BCUT2D eigenvalue weighted by Crippen LogP contribution is 2.24. The molecular weight excluding hydrogens is 330 g/mol. The van der Waals surface area contributed by atoms with E-state index in [9.17, 15) is 4.79 Å². The van der Waals surface area contributed by atoms with Crippen molar-refractivity contribution in [1.29, 1.82) is 0 Å². The lowest BCUT2D eigenvalue weighted by Crippen LogP contribution is -2.37. The number of oxazole rings is 1. The van der Waals surface area contributed by atoms with Crippen molar-refractivity contribution in [3.05, 3.63) is 36.5 Å². The zero-order chi connectivity index (χ0) is 17.9. The van der Waals surface area contributed by atoms with Crippen LogP contribution in [-0.2, 0) is 4.79 Å². The number of aromatic nitrogens is 3. The minimum atomic E-state index is -0.0757. The highest BCUT2D eigenvalue weighted by atomic mass is 16.4. The van der Waals surface area contributed by atoms with E-state index in [2.05, 4.69) is 25.2 Å². The number of nitrogens with one attached hydrogen (secondary N) is 1. The van der Waals surface area contributed by atoms with Crippen LogP contribution >= 0.6 is 0 Å². The summed E-state index contributed by atoms with van der Waals surface area (Å²) in [6.45, 7) is 4.15. The van der Waals surface area contributed by atoms with E-state index in [1.807, 2.05) is 25.1 Å². The number of amides is 1. The number of benzene rings is 1. The molecule has 1 N–H and O–H groups in total. The number of fused-ring (bicyclic) bond motifs is 1. The number of nitrogens with zero attached hydrogens (tertiary/aromatic N) is 4. The molecule has 1 aliphatic heterocycles. The molecule has 0 saturated carbocycles. The third-order valence-electron chi connectivity index (χ3n) is 4.56. The Kier molecular flexibility index (Phi) is 4.62. The summed E-state index contributed by atoms with van der Waals surface area (Å²) in [7, 11) is 0. The number of piperidine rings is 1. The molecular formula is C19H21N5O2. The van der Waals surface area contributed by atoms with Gasteiger partial charge in [0.25, 0.3) is 0 Å². The van der Waals surface area contributed by atoms with E-state index >= 15 is 0 Å².